The van der Waals surface area contributed by atoms with Crippen molar-refractivity contribution in [2.75, 3.05) is 28.4 Å². The van der Waals surface area contributed by atoms with E-state index >= 15 is 0 Å². The molecule has 0 aliphatic rings. The summed E-state index contributed by atoms with van der Waals surface area (Å²) in [5.41, 5.74) is 6.87. The van der Waals surface area contributed by atoms with E-state index < -0.39 is 12.3 Å². The normalized spacial score (nSPS) is 12.6. The summed E-state index contributed by atoms with van der Waals surface area (Å²) < 4.78 is 20.6. The Morgan fingerprint density at radius 2 is 1.35 bits per heavy atom. The maximum atomic E-state index is 6.05. The summed E-state index contributed by atoms with van der Waals surface area (Å²) in [6.45, 7) is 0. The Kier molecular flexibility index (Phi) is 5.21. The summed E-state index contributed by atoms with van der Waals surface area (Å²) in [5, 5.41) is 0. The summed E-state index contributed by atoms with van der Waals surface area (Å²) in [7, 11) is 6.28. The smallest absolute Gasteiger partial charge is 0.176 e. The predicted molar refractivity (Wildman–Crippen MR) is 64.3 cm³/mol. The van der Waals surface area contributed by atoms with Crippen LogP contribution in [0.25, 0.3) is 0 Å². The molecule has 0 amide bonds. The van der Waals surface area contributed by atoms with Gasteiger partial charge in [-0.1, -0.05) is 0 Å². The lowest BCUT2D eigenvalue weighted by Crippen LogP contribution is -2.29. The number of ether oxygens (including phenoxy) is 4. The van der Waals surface area contributed by atoms with Gasteiger partial charge in [-0.15, -0.1) is 0 Å². The number of hydrogen-bond acceptors (Lipinski definition) is 5. The lowest BCUT2D eigenvalue weighted by Gasteiger charge is -2.22. The van der Waals surface area contributed by atoms with E-state index in [2.05, 4.69) is 0 Å². The zero-order valence-corrected chi connectivity index (χ0v) is 10.6. The molecule has 0 saturated carbocycles. The zero-order valence-electron chi connectivity index (χ0n) is 10.6. The lowest BCUT2D eigenvalue weighted by molar-refractivity contribution is -0.117. The average Bonchev–Trinajstić information content (AvgIpc) is 2.39. The minimum Gasteiger partial charge on any atom is -0.497 e. The zero-order chi connectivity index (χ0) is 12.8. The first kappa shape index (κ1) is 13.8. The van der Waals surface area contributed by atoms with Gasteiger partial charge in [0.25, 0.3) is 0 Å². The van der Waals surface area contributed by atoms with Crippen LogP contribution in [0.2, 0.25) is 0 Å². The Balaban J connectivity index is 3.02. The molecule has 17 heavy (non-hydrogen) atoms. The van der Waals surface area contributed by atoms with Crippen molar-refractivity contribution in [1.82, 2.24) is 0 Å². The number of rotatable bonds is 6. The van der Waals surface area contributed by atoms with E-state index in [-0.39, 0.29) is 0 Å². The van der Waals surface area contributed by atoms with E-state index in [1.165, 1.54) is 0 Å². The molecule has 0 aliphatic carbocycles. The second-order valence-electron chi connectivity index (χ2n) is 3.51. The van der Waals surface area contributed by atoms with Crippen molar-refractivity contribution in [1.29, 1.82) is 0 Å². The van der Waals surface area contributed by atoms with Crippen LogP contribution in [-0.4, -0.2) is 34.7 Å². The molecule has 1 aromatic carbocycles. The molecule has 1 aromatic rings. The molecule has 0 spiro atoms. The molecular formula is C12H19NO4. The van der Waals surface area contributed by atoms with E-state index in [0.717, 1.165) is 5.56 Å². The first-order valence-electron chi connectivity index (χ1n) is 5.20. The first-order valence-corrected chi connectivity index (χ1v) is 5.20. The topological polar surface area (TPSA) is 62.9 Å². The van der Waals surface area contributed by atoms with Gasteiger partial charge in [-0.2, -0.15) is 0 Å². The van der Waals surface area contributed by atoms with Gasteiger partial charge in [-0.25, -0.2) is 0 Å². The highest BCUT2D eigenvalue weighted by molar-refractivity contribution is 5.39. The van der Waals surface area contributed by atoms with Crippen LogP contribution in [0.1, 0.15) is 11.6 Å². The van der Waals surface area contributed by atoms with E-state index in [9.17, 15) is 0 Å². The Labute approximate surface area is 101 Å². The van der Waals surface area contributed by atoms with Crippen molar-refractivity contribution >= 4 is 0 Å². The molecule has 0 fully saturated rings. The van der Waals surface area contributed by atoms with Crippen LogP contribution in [0, 0.1) is 0 Å². The minimum absolute atomic E-state index is 0.408. The summed E-state index contributed by atoms with van der Waals surface area (Å²) >= 11 is 0. The molecular weight excluding hydrogens is 222 g/mol. The van der Waals surface area contributed by atoms with Crippen LogP contribution in [0.4, 0.5) is 0 Å². The SMILES string of the molecule is COc1cc(OC)cc(C(N)C(OC)OC)c1. The number of nitrogens with two attached hydrogens (primary N) is 1. The van der Waals surface area contributed by atoms with Crippen LogP contribution < -0.4 is 15.2 Å². The maximum absolute atomic E-state index is 6.05. The van der Waals surface area contributed by atoms with E-state index in [1.807, 2.05) is 12.1 Å². The molecule has 1 rings (SSSR count). The molecule has 5 heteroatoms. The summed E-state index contributed by atoms with van der Waals surface area (Å²) in [4.78, 5) is 0. The van der Waals surface area contributed by atoms with Gasteiger partial charge in [0.15, 0.2) is 6.29 Å². The molecule has 0 bridgehead atoms. The third-order valence-electron chi connectivity index (χ3n) is 2.52. The predicted octanol–water partition coefficient (Wildman–Crippen LogP) is 1.32. The van der Waals surface area contributed by atoms with Gasteiger partial charge in [0, 0.05) is 20.3 Å². The Morgan fingerprint density at radius 1 is 0.882 bits per heavy atom. The summed E-state index contributed by atoms with van der Waals surface area (Å²) in [5.74, 6) is 1.36. The molecule has 0 aliphatic heterocycles. The average molecular weight is 241 g/mol. The van der Waals surface area contributed by atoms with Crippen molar-refractivity contribution in [3.63, 3.8) is 0 Å². The quantitative estimate of drug-likeness (QED) is 0.761. The van der Waals surface area contributed by atoms with Crippen molar-refractivity contribution < 1.29 is 18.9 Å². The van der Waals surface area contributed by atoms with Gasteiger partial charge in [0.2, 0.25) is 0 Å². The highest BCUT2D eigenvalue weighted by atomic mass is 16.7. The number of benzene rings is 1. The number of hydrogen-bond donors (Lipinski definition) is 1. The van der Waals surface area contributed by atoms with Crippen LogP contribution >= 0.6 is 0 Å². The van der Waals surface area contributed by atoms with Gasteiger partial charge in [-0.05, 0) is 17.7 Å². The monoisotopic (exact) mass is 241 g/mol. The molecule has 2 N–H and O–H groups in total. The number of methoxy groups -OCH3 is 4. The lowest BCUT2D eigenvalue weighted by atomic mass is 10.1. The fraction of sp³-hybridized carbons (Fsp3) is 0.500. The van der Waals surface area contributed by atoms with Crippen molar-refractivity contribution in [2.45, 2.75) is 12.3 Å². The van der Waals surface area contributed by atoms with Gasteiger partial charge < -0.3 is 24.7 Å². The molecule has 96 valence electrons. The van der Waals surface area contributed by atoms with Gasteiger partial charge in [0.1, 0.15) is 11.5 Å². The summed E-state index contributed by atoms with van der Waals surface area (Å²) in [6.07, 6.45) is -0.508. The standard InChI is InChI=1S/C12H19NO4/c1-14-9-5-8(6-10(7-9)15-2)11(13)12(16-3)17-4/h5-7,11-12H,13H2,1-4H3. The van der Waals surface area contributed by atoms with Crippen molar-refractivity contribution in [3.8, 4) is 11.5 Å². The molecule has 0 saturated heterocycles. The molecule has 0 heterocycles. The molecule has 1 unspecified atom stereocenters. The third kappa shape index (κ3) is 3.33. The molecule has 0 aromatic heterocycles. The molecule has 1 atom stereocenters. The molecule has 5 nitrogen and oxygen atoms in total. The van der Waals surface area contributed by atoms with E-state index in [4.69, 9.17) is 24.7 Å². The van der Waals surface area contributed by atoms with Crippen LogP contribution in [-0.2, 0) is 9.47 Å². The van der Waals surface area contributed by atoms with Crippen molar-refractivity contribution in [2.24, 2.45) is 5.73 Å². The first-order chi connectivity index (χ1) is 8.15. The third-order valence-corrected chi connectivity index (χ3v) is 2.52. The Hall–Kier alpha value is -1.30. The fourth-order valence-corrected chi connectivity index (χ4v) is 1.57. The highest BCUT2D eigenvalue weighted by Crippen LogP contribution is 2.27. The van der Waals surface area contributed by atoms with E-state index in [0.29, 0.717) is 11.5 Å². The van der Waals surface area contributed by atoms with Gasteiger partial charge >= 0.3 is 0 Å². The largest absolute Gasteiger partial charge is 0.497 e. The second kappa shape index (κ2) is 6.44. The highest BCUT2D eigenvalue weighted by Gasteiger charge is 2.19. The van der Waals surface area contributed by atoms with Crippen LogP contribution in [0.5, 0.6) is 11.5 Å². The van der Waals surface area contributed by atoms with Crippen molar-refractivity contribution in [3.05, 3.63) is 23.8 Å². The minimum atomic E-state index is -0.508. The maximum Gasteiger partial charge on any atom is 0.176 e. The summed E-state index contributed by atoms with van der Waals surface area (Å²) in [6, 6.07) is 5.04. The van der Waals surface area contributed by atoms with Crippen LogP contribution in [0.3, 0.4) is 0 Å². The Bertz CT molecular complexity index is 330. The van der Waals surface area contributed by atoms with E-state index in [1.54, 1.807) is 34.5 Å². The molecule has 0 radical (unpaired) electrons. The fourth-order valence-electron chi connectivity index (χ4n) is 1.57. The van der Waals surface area contributed by atoms with Crippen LogP contribution in [0.15, 0.2) is 18.2 Å². The second-order valence-corrected chi connectivity index (χ2v) is 3.51. The van der Waals surface area contributed by atoms with Gasteiger partial charge in [0.05, 0.1) is 20.3 Å². The Morgan fingerprint density at radius 3 is 1.71 bits per heavy atom. The van der Waals surface area contributed by atoms with Gasteiger partial charge in [-0.3, -0.25) is 0 Å².